The quantitative estimate of drug-likeness (QED) is 0.402. The van der Waals surface area contributed by atoms with Gasteiger partial charge in [0, 0.05) is 28.2 Å². The van der Waals surface area contributed by atoms with E-state index in [4.69, 9.17) is 0 Å². The van der Waals surface area contributed by atoms with Crippen LogP contribution in [-0.2, 0) is 9.84 Å². The maximum Gasteiger partial charge on any atom is 0.195 e. The SMILES string of the molecule is CCC(CS(=O)(=O)c1ccccc1)N=C(N(C)C)N(C)C.I. The van der Waals surface area contributed by atoms with Gasteiger partial charge in [-0.2, -0.15) is 0 Å². The van der Waals surface area contributed by atoms with Gasteiger partial charge in [-0.05, 0) is 18.6 Å². The molecule has 1 rings (SSSR count). The van der Waals surface area contributed by atoms with E-state index in [0.717, 1.165) is 5.96 Å². The largest absolute Gasteiger partial charge is 0.349 e. The third-order valence-electron chi connectivity index (χ3n) is 3.08. The molecule has 0 aliphatic heterocycles. The van der Waals surface area contributed by atoms with Crippen molar-refractivity contribution in [2.75, 3.05) is 33.9 Å². The minimum Gasteiger partial charge on any atom is -0.349 e. The number of halogens is 1. The van der Waals surface area contributed by atoms with Gasteiger partial charge in [0.05, 0.1) is 16.7 Å². The molecule has 0 N–H and O–H groups in total. The summed E-state index contributed by atoms with van der Waals surface area (Å²) in [6.45, 7) is 1.96. The van der Waals surface area contributed by atoms with Gasteiger partial charge in [-0.15, -0.1) is 24.0 Å². The molecule has 1 aromatic carbocycles. The lowest BCUT2D eigenvalue weighted by Crippen LogP contribution is -2.37. The number of guanidine groups is 1. The topological polar surface area (TPSA) is 53.0 Å². The Kier molecular flexibility index (Phi) is 8.99. The molecule has 1 aromatic rings. The highest BCUT2D eigenvalue weighted by Crippen LogP contribution is 2.14. The standard InChI is InChI=1S/C15H25N3O2S.HI/c1-6-13(16-15(17(2)3)18(4)5)12-21(19,20)14-10-8-7-9-11-14;/h7-11,13H,6,12H2,1-5H3;1H. The summed E-state index contributed by atoms with van der Waals surface area (Å²) in [5, 5.41) is 0. The van der Waals surface area contributed by atoms with Crippen molar-refractivity contribution < 1.29 is 8.42 Å². The molecule has 1 atom stereocenters. The molecule has 0 amide bonds. The lowest BCUT2D eigenvalue weighted by atomic mass is 10.3. The molecule has 0 spiro atoms. The molecule has 1 unspecified atom stereocenters. The van der Waals surface area contributed by atoms with Gasteiger partial charge in [0.2, 0.25) is 0 Å². The maximum absolute atomic E-state index is 12.4. The van der Waals surface area contributed by atoms with Crippen molar-refractivity contribution >= 4 is 39.8 Å². The Balaban J connectivity index is 0.00000441. The Labute approximate surface area is 151 Å². The molecule has 0 fully saturated rings. The van der Waals surface area contributed by atoms with Crippen molar-refractivity contribution in [3.63, 3.8) is 0 Å². The lowest BCUT2D eigenvalue weighted by molar-refractivity contribution is 0.471. The summed E-state index contributed by atoms with van der Waals surface area (Å²) in [5.41, 5.74) is 0. The first-order valence-electron chi connectivity index (χ1n) is 6.98. The summed E-state index contributed by atoms with van der Waals surface area (Å²) < 4.78 is 24.9. The second kappa shape index (κ2) is 9.34. The fourth-order valence-electron chi connectivity index (χ4n) is 2.02. The maximum atomic E-state index is 12.4. The molecular formula is C15H26IN3O2S. The van der Waals surface area contributed by atoms with Crippen molar-refractivity contribution in [2.45, 2.75) is 24.3 Å². The molecule has 0 bridgehead atoms. The summed E-state index contributed by atoms with van der Waals surface area (Å²) in [5.74, 6) is 0.795. The molecule has 0 radical (unpaired) electrons. The number of hydrogen-bond donors (Lipinski definition) is 0. The summed E-state index contributed by atoms with van der Waals surface area (Å²) in [7, 11) is 4.29. The van der Waals surface area contributed by atoms with Gasteiger partial charge in [-0.25, -0.2) is 13.4 Å². The van der Waals surface area contributed by atoms with Crippen molar-refractivity contribution in [3.05, 3.63) is 30.3 Å². The number of sulfone groups is 1. The van der Waals surface area contributed by atoms with Crippen LogP contribution >= 0.6 is 24.0 Å². The monoisotopic (exact) mass is 439 g/mol. The third kappa shape index (κ3) is 6.12. The van der Waals surface area contributed by atoms with Crippen LogP contribution in [0.4, 0.5) is 0 Å². The van der Waals surface area contributed by atoms with E-state index in [1.807, 2.05) is 51.0 Å². The highest BCUT2D eigenvalue weighted by Gasteiger charge is 2.21. The summed E-state index contributed by atoms with van der Waals surface area (Å²) >= 11 is 0. The predicted octanol–water partition coefficient (Wildman–Crippen LogP) is 2.34. The van der Waals surface area contributed by atoms with Crippen LogP contribution in [0.1, 0.15) is 13.3 Å². The van der Waals surface area contributed by atoms with E-state index in [1.165, 1.54) is 0 Å². The van der Waals surface area contributed by atoms with Gasteiger partial charge in [0.1, 0.15) is 0 Å². The fraction of sp³-hybridized carbons (Fsp3) is 0.533. The zero-order chi connectivity index (χ0) is 16.0. The van der Waals surface area contributed by atoms with Crippen molar-refractivity contribution in [1.82, 2.24) is 9.80 Å². The Hall–Kier alpha value is -0.830. The van der Waals surface area contributed by atoms with E-state index < -0.39 is 9.84 Å². The van der Waals surface area contributed by atoms with E-state index in [0.29, 0.717) is 11.3 Å². The molecule has 0 saturated carbocycles. The van der Waals surface area contributed by atoms with E-state index in [-0.39, 0.29) is 35.8 Å². The minimum absolute atomic E-state index is 0. The number of benzene rings is 1. The molecule has 7 heteroatoms. The molecule has 0 aliphatic carbocycles. The number of hydrogen-bond acceptors (Lipinski definition) is 3. The van der Waals surface area contributed by atoms with E-state index in [9.17, 15) is 8.42 Å². The highest BCUT2D eigenvalue weighted by molar-refractivity contribution is 14.0. The molecule has 126 valence electrons. The first-order valence-corrected chi connectivity index (χ1v) is 8.63. The Morgan fingerprint density at radius 2 is 1.59 bits per heavy atom. The molecule has 0 aliphatic rings. The van der Waals surface area contributed by atoms with Crippen LogP contribution in [-0.4, -0.2) is 64.2 Å². The van der Waals surface area contributed by atoms with Crippen LogP contribution in [0.5, 0.6) is 0 Å². The first-order chi connectivity index (χ1) is 9.77. The van der Waals surface area contributed by atoms with Crippen LogP contribution in [0.2, 0.25) is 0 Å². The average Bonchev–Trinajstić information content (AvgIpc) is 2.43. The number of rotatable bonds is 5. The van der Waals surface area contributed by atoms with Crippen molar-refractivity contribution in [2.24, 2.45) is 4.99 Å². The van der Waals surface area contributed by atoms with Gasteiger partial charge < -0.3 is 9.80 Å². The van der Waals surface area contributed by atoms with Crippen molar-refractivity contribution in [3.8, 4) is 0 Å². The second-order valence-corrected chi connectivity index (χ2v) is 7.41. The normalized spacial score (nSPS) is 12.0. The minimum atomic E-state index is -3.31. The smallest absolute Gasteiger partial charge is 0.195 e. The number of nitrogens with zero attached hydrogens (tertiary/aromatic N) is 3. The van der Waals surface area contributed by atoms with Crippen LogP contribution in [0.25, 0.3) is 0 Å². The van der Waals surface area contributed by atoms with Crippen LogP contribution in [0, 0.1) is 0 Å². The van der Waals surface area contributed by atoms with E-state index >= 15 is 0 Å². The molecular weight excluding hydrogens is 413 g/mol. The van der Waals surface area contributed by atoms with Gasteiger partial charge in [0.25, 0.3) is 0 Å². The zero-order valence-corrected chi connectivity index (χ0v) is 17.0. The molecule has 0 heterocycles. The predicted molar refractivity (Wildman–Crippen MR) is 103 cm³/mol. The second-order valence-electron chi connectivity index (χ2n) is 5.37. The average molecular weight is 439 g/mol. The van der Waals surface area contributed by atoms with Gasteiger partial charge in [0.15, 0.2) is 15.8 Å². The molecule has 5 nitrogen and oxygen atoms in total. The van der Waals surface area contributed by atoms with Gasteiger partial charge in [-0.1, -0.05) is 25.1 Å². The van der Waals surface area contributed by atoms with Gasteiger partial charge in [-0.3, -0.25) is 0 Å². The number of aliphatic imine (C=N–C) groups is 1. The fourth-order valence-corrected chi connectivity index (χ4v) is 3.60. The summed E-state index contributed by atoms with van der Waals surface area (Å²) in [6.07, 6.45) is 0.678. The Morgan fingerprint density at radius 1 is 1.09 bits per heavy atom. The zero-order valence-electron chi connectivity index (χ0n) is 13.9. The van der Waals surface area contributed by atoms with Gasteiger partial charge >= 0.3 is 0 Å². The first kappa shape index (κ1) is 21.2. The third-order valence-corrected chi connectivity index (χ3v) is 4.90. The van der Waals surface area contributed by atoms with E-state index in [2.05, 4.69) is 4.99 Å². The van der Waals surface area contributed by atoms with Crippen LogP contribution in [0.15, 0.2) is 40.2 Å². The molecule has 22 heavy (non-hydrogen) atoms. The highest BCUT2D eigenvalue weighted by atomic mass is 127. The van der Waals surface area contributed by atoms with Crippen LogP contribution < -0.4 is 0 Å². The Morgan fingerprint density at radius 3 is 2.00 bits per heavy atom. The Bertz CT molecular complexity index is 562. The van der Waals surface area contributed by atoms with E-state index in [1.54, 1.807) is 24.3 Å². The summed E-state index contributed by atoms with van der Waals surface area (Å²) in [4.78, 5) is 8.72. The van der Waals surface area contributed by atoms with Crippen molar-refractivity contribution in [1.29, 1.82) is 0 Å². The van der Waals surface area contributed by atoms with Crippen LogP contribution in [0.3, 0.4) is 0 Å². The lowest BCUT2D eigenvalue weighted by Gasteiger charge is -2.24. The molecule has 0 saturated heterocycles. The molecule has 0 aromatic heterocycles. The summed E-state index contributed by atoms with van der Waals surface area (Å²) in [6, 6.07) is 8.29.